The lowest BCUT2D eigenvalue weighted by Crippen LogP contribution is -2.33. The first-order valence-electron chi connectivity index (χ1n) is 6.50. The van der Waals surface area contributed by atoms with Crippen molar-refractivity contribution in [2.45, 2.75) is 11.7 Å². The van der Waals surface area contributed by atoms with Crippen LogP contribution in [0.25, 0.3) is 0 Å². The van der Waals surface area contributed by atoms with Gasteiger partial charge in [-0.25, -0.2) is 30.4 Å². The van der Waals surface area contributed by atoms with Gasteiger partial charge in [0.1, 0.15) is 5.69 Å². The predicted molar refractivity (Wildman–Crippen MR) is 77.5 cm³/mol. The van der Waals surface area contributed by atoms with E-state index < -0.39 is 50.5 Å². The van der Waals surface area contributed by atoms with E-state index in [0.717, 1.165) is 11.8 Å². The molecular formula is C12H11F5N2O3S2. The third kappa shape index (κ3) is 4.09. The van der Waals surface area contributed by atoms with Crippen LogP contribution in [0.5, 0.6) is 0 Å². The zero-order valence-corrected chi connectivity index (χ0v) is 13.5. The molecule has 24 heavy (non-hydrogen) atoms. The Labute approximate surface area is 137 Å². The fourth-order valence-corrected chi connectivity index (χ4v) is 5.41. The molecule has 0 spiro atoms. The summed E-state index contributed by atoms with van der Waals surface area (Å²) >= 11 is 1.02. The molecule has 0 unspecified atom stereocenters. The summed E-state index contributed by atoms with van der Waals surface area (Å²) in [6.45, 7) is 0. The number of anilines is 1. The molecule has 1 amide bonds. The summed E-state index contributed by atoms with van der Waals surface area (Å²) < 4.78 is 88.0. The minimum atomic E-state index is -3.11. The first-order chi connectivity index (χ1) is 11.1. The van der Waals surface area contributed by atoms with Crippen LogP contribution in [0.2, 0.25) is 0 Å². The van der Waals surface area contributed by atoms with E-state index in [0.29, 0.717) is 6.42 Å². The van der Waals surface area contributed by atoms with Gasteiger partial charge in [-0.3, -0.25) is 15.6 Å². The Morgan fingerprint density at radius 1 is 1.04 bits per heavy atom. The molecule has 0 radical (unpaired) electrons. The Morgan fingerprint density at radius 3 is 2.08 bits per heavy atom. The van der Waals surface area contributed by atoms with Crippen molar-refractivity contribution in [1.29, 1.82) is 0 Å². The van der Waals surface area contributed by atoms with Crippen LogP contribution in [0.4, 0.5) is 27.6 Å². The van der Waals surface area contributed by atoms with Gasteiger partial charge in [0.05, 0.1) is 17.3 Å². The summed E-state index contributed by atoms with van der Waals surface area (Å²) in [6.07, 6.45) is 0.380. The van der Waals surface area contributed by atoms with Gasteiger partial charge in [0, 0.05) is 5.25 Å². The quantitative estimate of drug-likeness (QED) is 0.347. The van der Waals surface area contributed by atoms with Gasteiger partial charge in [-0.05, 0) is 6.42 Å². The molecule has 1 heterocycles. The van der Waals surface area contributed by atoms with E-state index >= 15 is 0 Å². The molecule has 2 N–H and O–H groups in total. The largest absolute Gasteiger partial charge is 0.293 e. The Morgan fingerprint density at radius 2 is 1.58 bits per heavy atom. The van der Waals surface area contributed by atoms with E-state index in [1.807, 2.05) is 0 Å². The number of hydrazine groups is 1. The van der Waals surface area contributed by atoms with Crippen molar-refractivity contribution in [2.24, 2.45) is 0 Å². The summed E-state index contributed by atoms with van der Waals surface area (Å²) in [6, 6.07) is 0. The molecule has 5 nitrogen and oxygen atoms in total. The van der Waals surface area contributed by atoms with Gasteiger partial charge in [0.15, 0.2) is 33.1 Å². The molecule has 1 fully saturated rings. The monoisotopic (exact) mass is 390 g/mol. The summed E-state index contributed by atoms with van der Waals surface area (Å²) in [4.78, 5) is 11.5. The van der Waals surface area contributed by atoms with E-state index in [1.54, 1.807) is 10.9 Å². The summed E-state index contributed by atoms with van der Waals surface area (Å²) in [5, 5.41) is -0.282. The fourth-order valence-electron chi connectivity index (χ4n) is 1.97. The van der Waals surface area contributed by atoms with Crippen LogP contribution < -0.4 is 10.9 Å². The number of amides is 1. The maximum Gasteiger partial charge on any atom is 0.248 e. The molecule has 1 atom stereocenters. The fraction of sp³-hybridized carbons (Fsp3) is 0.417. The molecule has 0 aliphatic carbocycles. The van der Waals surface area contributed by atoms with Crippen molar-refractivity contribution in [2.75, 3.05) is 22.7 Å². The molecule has 1 aliphatic rings. The zero-order chi connectivity index (χ0) is 18.1. The van der Waals surface area contributed by atoms with Crippen molar-refractivity contribution in [1.82, 2.24) is 5.43 Å². The molecule has 2 rings (SSSR count). The number of thioether (sulfide) groups is 1. The highest BCUT2D eigenvalue weighted by Crippen LogP contribution is 2.27. The van der Waals surface area contributed by atoms with Gasteiger partial charge in [-0.2, -0.15) is 0 Å². The average molecular weight is 390 g/mol. The maximum atomic E-state index is 13.4. The Kier molecular flexibility index (Phi) is 5.58. The number of benzene rings is 1. The third-order valence-corrected chi connectivity index (χ3v) is 6.46. The first kappa shape index (κ1) is 18.8. The lowest BCUT2D eigenvalue weighted by atomic mass is 10.2. The number of carbonyl (C=O) groups is 1. The van der Waals surface area contributed by atoms with Crippen LogP contribution in [0.15, 0.2) is 0 Å². The second-order valence-electron chi connectivity index (χ2n) is 4.95. The highest BCUT2D eigenvalue weighted by Gasteiger charge is 2.29. The topological polar surface area (TPSA) is 75.3 Å². The van der Waals surface area contributed by atoms with Crippen LogP contribution in [0.1, 0.15) is 6.42 Å². The first-order valence-corrected chi connectivity index (χ1v) is 9.37. The Hall–Kier alpha value is -1.56. The molecule has 134 valence electrons. The van der Waals surface area contributed by atoms with E-state index in [-0.39, 0.29) is 22.5 Å². The molecule has 12 heteroatoms. The van der Waals surface area contributed by atoms with Gasteiger partial charge in [0.25, 0.3) is 0 Å². The SMILES string of the molecule is O=C(CS[C@@H]1CCS(=O)(=O)C1)NNc1c(F)c(F)c(F)c(F)c1F. The molecule has 1 saturated heterocycles. The summed E-state index contributed by atoms with van der Waals surface area (Å²) in [7, 11) is -3.11. The van der Waals surface area contributed by atoms with Crippen LogP contribution in [-0.4, -0.2) is 36.8 Å². The average Bonchev–Trinajstić information content (AvgIpc) is 2.88. The van der Waals surface area contributed by atoms with E-state index in [9.17, 15) is 35.2 Å². The van der Waals surface area contributed by atoms with Crippen molar-refractivity contribution in [3.63, 3.8) is 0 Å². The highest BCUT2D eigenvalue weighted by molar-refractivity contribution is 8.02. The zero-order valence-electron chi connectivity index (χ0n) is 11.8. The smallest absolute Gasteiger partial charge is 0.248 e. The van der Waals surface area contributed by atoms with Crippen molar-refractivity contribution in [3.8, 4) is 0 Å². The summed E-state index contributed by atoms with van der Waals surface area (Å²) in [5.41, 5.74) is 2.08. The number of carbonyl (C=O) groups excluding carboxylic acids is 1. The lowest BCUT2D eigenvalue weighted by Gasteiger charge is -2.12. The number of nitrogens with one attached hydrogen (secondary N) is 2. The third-order valence-electron chi connectivity index (χ3n) is 3.18. The van der Waals surface area contributed by atoms with Gasteiger partial charge in [-0.15, -0.1) is 11.8 Å². The van der Waals surface area contributed by atoms with Crippen LogP contribution in [-0.2, 0) is 14.6 Å². The number of sulfone groups is 1. The predicted octanol–water partition coefficient (Wildman–Crippen LogP) is 1.75. The standard InChI is InChI=1S/C12H11F5N2O3S2/c13-7-8(14)10(16)12(11(17)9(7)15)19-18-6(20)3-23-5-1-2-24(21,22)4-5/h5,19H,1-4H2,(H,18,20)/t5-/m1/s1. The van der Waals surface area contributed by atoms with E-state index in [1.165, 1.54) is 0 Å². The lowest BCUT2D eigenvalue weighted by molar-refractivity contribution is -0.118. The second kappa shape index (κ2) is 7.13. The molecule has 0 saturated carbocycles. The van der Waals surface area contributed by atoms with Crippen LogP contribution in [0, 0.1) is 29.1 Å². The molecule has 0 aromatic heterocycles. The molecule has 0 bridgehead atoms. The van der Waals surface area contributed by atoms with Gasteiger partial charge in [-0.1, -0.05) is 0 Å². The van der Waals surface area contributed by atoms with Crippen LogP contribution >= 0.6 is 11.8 Å². The van der Waals surface area contributed by atoms with Crippen molar-refractivity contribution >= 4 is 33.2 Å². The van der Waals surface area contributed by atoms with Gasteiger partial charge >= 0.3 is 0 Å². The second-order valence-corrected chi connectivity index (χ2v) is 8.47. The number of hydrogen-bond donors (Lipinski definition) is 2. The number of halogens is 5. The molecule has 1 aromatic carbocycles. The van der Waals surface area contributed by atoms with E-state index in [4.69, 9.17) is 0 Å². The van der Waals surface area contributed by atoms with Gasteiger partial charge < -0.3 is 0 Å². The van der Waals surface area contributed by atoms with E-state index in [2.05, 4.69) is 0 Å². The Balaban J connectivity index is 1.93. The molecule has 1 aliphatic heterocycles. The van der Waals surface area contributed by atoms with Crippen LogP contribution in [0.3, 0.4) is 0 Å². The minimum Gasteiger partial charge on any atom is -0.293 e. The number of hydrogen-bond acceptors (Lipinski definition) is 5. The van der Waals surface area contributed by atoms with Crippen molar-refractivity contribution < 1.29 is 35.2 Å². The highest BCUT2D eigenvalue weighted by atomic mass is 32.2. The van der Waals surface area contributed by atoms with Gasteiger partial charge in [0.2, 0.25) is 11.7 Å². The van der Waals surface area contributed by atoms with Crippen molar-refractivity contribution in [3.05, 3.63) is 29.1 Å². The molecular weight excluding hydrogens is 379 g/mol. The summed E-state index contributed by atoms with van der Waals surface area (Å²) in [5.74, 6) is -11.9. The minimum absolute atomic E-state index is 0.0229. The normalized spacial score (nSPS) is 19.3. The number of rotatable bonds is 5. The Bertz CT molecular complexity index is 743. The maximum absolute atomic E-state index is 13.4. The molecule has 1 aromatic rings.